The van der Waals surface area contributed by atoms with Gasteiger partial charge in [0.25, 0.3) is 0 Å². The van der Waals surface area contributed by atoms with Gasteiger partial charge < -0.3 is 14.8 Å². The lowest BCUT2D eigenvalue weighted by Gasteiger charge is -2.07. The molecule has 2 heterocycles. The maximum Gasteiger partial charge on any atom is 0.231 e. The second-order valence-electron chi connectivity index (χ2n) is 6.34. The minimum Gasteiger partial charge on any atom is -0.454 e. The van der Waals surface area contributed by atoms with E-state index in [2.05, 4.69) is 10.3 Å². The molecule has 0 radical (unpaired) electrons. The number of thiazole rings is 1. The van der Waals surface area contributed by atoms with E-state index < -0.39 is 0 Å². The fourth-order valence-corrected chi connectivity index (χ4v) is 4.07. The first-order valence-electron chi connectivity index (χ1n) is 8.43. The lowest BCUT2D eigenvalue weighted by atomic mass is 10.0. The van der Waals surface area contributed by atoms with Gasteiger partial charge in [0.2, 0.25) is 12.7 Å². The zero-order valence-corrected chi connectivity index (χ0v) is 14.2. The van der Waals surface area contributed by atoms with Crippen molar-refractivity contribution in [1.82, 2.24) is 4.98 Å². The molecular weight excluding hydrogens is 324 g/mol. The summed E-state index contributed by atoms with van der Waals surface area (Å²) in [4.78, 5) is 16.6. The van der Waals surface area contributed by atoms with E-state index in [1.54, 1.807) is 0 Å². The number of fused-ring (bicyclic) bond motifs is 1. The quantitative estimate of drug-likeness (QED) is 0.870. The number of amides is 1. The summed E-state index contributed by atoms with van der Waals surface area (Å²) in [5, 5.41) is 5.52. The van der Waals surface area contributed by atoms with Crippen LogP contribution in [0.1, 0.15) is 38.5 Å². The molecule has 2 aromatic rings. The number of aromatic nitrogens is 1. The number of carbonyl (C=O) groups excluding carboxylic acids is 1. The van der Waals surface area contributed by atoms with Crippen LogP contribution in [0.25, 0.3) is 11.3 Å². The van der Waals surface area contributed by atoms with Gasteiger partial charge in [-0.05, 0) is 30.5 Å². The van der Waals surface area contributed by atoms with Gasteiger partial charge >= 0.3 is 0 Å². The van der Waals surface area contributed by atoms with Crippen LogP contribution in [0.4, 0.5) is 5.13 Å². The minimum atomic E-state index is 0.0634. The van der Waals surface area contributed by atoms with Crippen molar-refractivity contribution in [2.24, 2.45) is 5.92 Å². The molecule has 24 heavy (non-hydrogen) atoms. The van der Waals surface area contributed by atoms with E-state index in [0.29, 0.717) is 11.6 Å². The van der Waals surface area contributed by atoms with Crippen LogP contribution in [0.5, 0.6) is 11.5 Å². The summed E-state index contributed by atoms with van der Waals surface area (Å²) in [5.74, 6) is 2.29. The predicted octanol–water partition coefficient (Wildman–Crippen LogP) is 4.45. The highest BCUT2D eigenvalue weighted by molar-refractivity contribution is 7.14. The average molecular weight is 344 g/mol. The van der Waals surface area contributed by atoms with Crippen molar-refractivity contribution in [3.8, 4) is 22.8 Å². The van der Waals surface area contributed by atoms with E-state index in [0.717, 1.165) is 35.1 Å². The third kappa shape index (κ3) is 3.38. The van der Waals surface area contributed by atoms with Gasteiger partial charge in [-0.1, -0.05) is 25.7 Å². The van der Waals surface area contributed by atoms with E-state index in [9.17, 15) is 4.79 Å². The second kappa shape index (κ2) is 6.81. The molecule has 1 aromatic heterocycles. The van der Waals surface area contributed by atoms with Gasteiger partial charge in [-0.15, -0.1) is 11.3 Å². The molecule has 0 spiro atoms. The van der Waals surface area contributed by atoms with Gasteiger partial charge in [0, 0.05) is 17.4 Å². The van der Waals surface area contributed by atoms with Crippen molar-refractivity contribution in [3.05, 3.63) is 23.6 Å². The first-order valence-corrected chi connectivity index (χ1v) is 9.31. The second-order valence-corrected chi connectivity index (χ2v) is 7.20. The number of hydrogen-bond acceptors (Lipinski definition) is 5. The minimum absolute atomic E-state index is 0.0634. The zero-order chi connectivity index (χ0) is 16.4. The van der Waals surface area contributed by atoms with Crippen LogP contribution in [0.2, 0.25) is 0 Å². The van der Waals surface area contributed by atoms with Gasteiger partial charge in [-0.2, -0.15) is 0 Å². The lowest BCUT2D eigenvalue weighted by molar-refractivity contribution is -0.116. The van der Waals surface area contributed by atoms with E-state index >= 15 is 0 Å². The number of nitrogens with one attached hydrogen (secondary N) is 1. The van der Waals surface area contributed by atoms with Gasteiger partial charge in [0.05, 0.1) is 5.69 Å². The van der Waals surface area contributed by atoms with E-state index in [4.69, 9.17) is 9.47 Å². The average Bonchev–Trinajstić information content (AvgIpc) is 3.33. The molecule has 5 nitrogen and oxygen atoms in total. The van der Waals surface area contributed by atoms with E-state index in [-0.39, 0.29) is 12.7 Å². The standard InChI is InChI=1S/C18H20N2O3S/c21-17(8-5-12-3-1-2-4-12)20-18-19-14(10-24-18)13-6-7-15-16(9-13)23-11-22-15/h6-7,9-10,12H,1-5,8,11H2,(H,19,20,21). The zero-order valence-electron chi connectivity index (χ0n) is 13.4. The van der Waals surface area contributed by atoms with E-state index in [1.165, 1.54) is 37.0 Å². The Morgan fingerprint density at radius 2 is 2.08 bits per heavy atom. The van der Waals surface area contributed by atoms with Crippen LogP contribution in [0.15, 0.2) is 23.6 Å². The largest absolute Gasteiger partial charge is 0.454 e. The molecule has 0 bridgehead atoms. The van der Waals surface area contributed by atoms with E-state index in [1.807, 2.05) is 23.6 Å². The Bertz CT molecular complexity index is 738. The monoisotopic (exact) mass is 344 g/mol. The number of rotatable bonds is 5. The molecule has 1 aliphatic heterocycles. The van der Waals surface area contributed by atoms with Crippen molar-refractivity contribution < 1.29 is 14.3 Å². The molecule has 1 fully saturated rings. The van der Waals surface area contributed by atoms with Gasteiger partial charge in [0.1, 0.15) is 0 Å². The smallest absolute Gasteiger partial charge is 0.231 e. The normalized spacial score (nSPS) is 16.5. The molecule has 0 unspecified atom stereocenters. The summed E-state index contributed by atoms with van der Waals surface area (Å²) in [6.45, 7) is 0.262. The Labute approximate surface area is 145 Å². The Morgan fingerprint density at radius 3 is 2.96 bits per heavy atom. The Hall–Kier alpha value is -2.08. The SMILES string of the molecule is O=C(CCC1CCCC1)Nc1nc(-c2ccc3c(c2)OCO3)cs1. The van der Waals surface area contributed by atoms with Crippen LogP contribution in [0.3, 0.4) is 0 Å². The highest BCUT2D eigenvalue weighted by Crippen LogP contribution is 2.36. The number of ether oxygens (including phenoxy) is 2. The molecule has 6 heteroatoms. The van der Waals surface area contributed by atoms with Gasteiger partial charge in [-0.25, -0.2) is 4.98 Å². The van der Waals surface area contributed by atoms with Crippen molar-refractivity contribution in [2.45, 2.75) is 38.5 Å². The molecule has 0 saturated heterocycles. The number of carbonyl (C=O) groups is 1. The van der Waals surface area contributed by atoms with Crippen LogP contribution in [0, 0.1) is 5.92 Å². The summed E-state index contributed by atoms with van der Waals surface area (Å²) in [6, 6.07) is 5.76. The molecule has 126 valence electrons. The molecule has 1 saturated carbocycles. The molecule has 1 aromatic carbocycles. The van der Waals surface area contributed by atoms with Gasteiger partial charge in [0.15, 0.2) is 16.6 Å². The number of anilines is 1. The van der Waals surface area contributed by atoms with Crippen LogP contribution in [-0.2, 0) is 4.79 Å². The Morgan fingerprint density at radius 1 is 1.25 bits per heavy atom. The molecule has 1 N–H and O–H groups in total. The number of benzene rings is 1. The van der Waals surface area contributed by atoms with Crippen molar-refractivity contribution >= 4 is 22.4 Å². The predicted molar refractivity (Wildman–Crippen MR) is 93.5 cm³/mol. The topological polar surface area (TPSA) is 60.5 Å². The first kappa shape index (κ1) is 15.4. The maximum atomic E-state index is 12.1. The third-order valence-electron chi connectivity index (χ3n) is 4.67. The van der Waals surface area contributed by atoms with Crippen LogP contribution < -0.4 is 14.8 Å². The summed E-state index contributed by atoms with van der Waals surface area (Å²) >= 11 is 1.45. The summed E-state index contributed by atoms with van der Waals surface area (Å²) < 4.78 is 10.7. The Kier molecular flexibility index (Phi) is 4.38. The molecular formula is C18H20N2O3S. The summed E-state index contributed by atoms with van der Waals surface area (Å²) in [5.41, 5.74) is 1.80. The molecule has 1 aliphatic carbocycles. The molecule has 2 aliphatic rings. The van der Waals surface area contributed by atoms with Crippen LogP contribution in [-0.4, -0.2) is 17.7 Å². The number of nitrogens with zero attached hydrogens (tertiary/aromatic N) is 1. The summed E-state index contributed by atoms with van der Waals surface area (Å²) in [6.07, 6.45) is 6.77. The maximum absolute atomic E-state index is 12.1. The highest BCUT2D eigenvalue weighted by atomic mass is 32.1. The first-order chi connectivity index (χ1) is 11.8. The summed E-state index contributed by atoms with van der Waals surface area (Å²) in [7, 11) is 0. The fraction of sp³-hybridized carbons (Fsp3) is 0.444. The highest BCUT2D eigenvalue weighted by Gasteiger charge is 2.17. The third-order valence-corrected chi connectivity index (χ3v) is 5.43. The molecule has 0 atom stereocenters. The Balaban J connectivity index is 1.36. The van der Waals surface area contributed by atoms with Crippen molar-refractivity contribution in [3.63, 3.8) is 0 Å². The van der Waals surface area contributed by atoms with Crippen LogP contribution >= 0.6 is 11.3 Å². The molecule has 1 amide bonds. The molecule has 4 rings (SSSR count). The lowest BCUT2D eigenvalue weighted by Crippen LogP contribution is -2.12. The van der Waals surface area contributed by atoms with Crippen molar-refractivity contribution in [1.29, 1.82) is 0 Å². The number of hydrogen-bond donors (Lipinski definition) is 1. The van der Waals surface area contributed by atoms with Crippen molar-refractivity contribution in [2.75, 3.05) is 12.1 Å². The van der Waals surface area contributed by atoms with Gasteiger partial charge in [-0.3, -0.25) is 4.79 Å². The fourth-order valence-electron chi connectivity index (χ4n) is 3.34.